The first-order valence-corrected chi connectivity index (χ1v) is 6.37. The number of fused-ring (bicyclic) bond motifs is 1. The first kappa shape index (κ1) is 14.5. The molecule has 0 heterocycles. The van der Waals surface area contributed by atoms with Gasteiger partial charge in [-0.2, -0.15) is 0 Å². The van der Waals surface area contributed by atoms with Crippen LogP contribution in [0.15, 0.2) is 23.3 Å². The maximum Gasteiger partial charge on any atom is 0.335 e. The van der Waals surface area contributed by atoms with Gasteiger partial charge in [0.1, 0.15) is 0 Å². The molecular formula is C15H18O5. The maximum atomic E-state index is 12.7. The number of allylic oxidation sites excluding steroid dienone is 2. The lowest BCUT2D eigenvalue weighted by atomic mass is 9.52. The molecular weight excluding hydrogens is 260 g/mol. The van der Waals surface area contributed by atoms with Crippen LogP contribution in [0.3, 0.4) is 0 Å². The molecule has 0 aromatic rings. The van der Waals surface area contributed by atoms with Crippen molar-refractivity contribution in [3.63, 3.8) is 0 Å². The molecule has 3 aliphatic carbocycles. The molecule has 5 nitrogen and oxygen atoms in total. The number of carbonyl (C=O) groups is 3. The third kappa shape index (κ3) is 1.58. The minimum Gasteiger partial charge on any atom is -0.466 e. The van der Waals surface area contributed by atoms with Gasteiger partial charge in [-0.05, 0) is 6.92 Å². The number of rotatable bonds is 2. The van der Waals surface area contributed by atoms with E-state index in [2.05, 4.69) is 0 Å². The fourth-order valence-corrected chi connectivity index (χ4v) is 3.27. The van der Waals surface area contributed by atoms with Crippen LogP contribution in [0, 0.1) is 16.7 Å². The van der Waals surface area contributed by atoms with E-state index in [4.69, 9.17) is 9.47 Å². The smallest absolute Gasteiger partial charge is 0.335 e. The second-order valence-electron chi connectivity index (χ2n) is 5.86. The fourth-order valence-electron chi connectivity index (χ4n) is 3.27. The summed E-state index contributed by atoms with van der Waals surface area (Å²) in [5, 5.41) is 0. The summed E-state index contributed by atoms with van der Waals surface area (Å²) in [7, 11) is 2.49. The predicted molar refractivity (Wildman–Crippen MR) is 70.6 cm³/mol. The Bertz CT molecular complexity index is 567. The second-order valence-corrected chi connectivity index (χ2v) is 5.86. The van der Waals surface area contributed by atoms with Crippen molar-refractivity contribution >= 4 is 17.7 Å². The molecule has 0 unspecified atom stereocenters. The summed E-state index contributed by atoms with van der Waals surface area (Å²) in [6.07, 6.45) is 3.49. The molecule has 3 aliphatic rings. The molecule has 0 aromatic carbocycles. The van der Waals surface area contributed by atoms with E-state index in [9.17, 15) is 14.4 Å². The van der Waals surface area contributed by atoms with Crippen LogP contribution in [-0.4, -0.2) is 31.9 Å². The van der Waals surface area contributed by atoms with Crippen LogP contribution in [0.5, 0.6) is 0 Å². The lowest BCUT2D eigenvalue weighted by Gasteiger charge is -2.48. The zero-order chi connectivity index (χ0) is 15.3. The number of ketones is 1. The van der Waals surface area contributed by atoms with Crippen LogP contribution in [0.4, 0.5) is 0 Å². The number of esters is 2. The molecule has 3 rings (SSSR count). The average molecular weight is 278 g/mol. The Kier molecular flexibility index (Phi) is 3.11. The van der Waals surface area contributed by atoms with E-state index in [1.165, 1.54) is 14.2 Å². The highest BCUT2D eigenvalue weighted by molar-refractivity contribution is 6.13. The van der Waals surface area contributed by atoms with Crippen molar-refractivity contribution in [2.45, 2.75) is 20.8 Å². The van der Waals surface area contributed by atoms with E-state index in [-0.39, 0.29) is 16.9 Å². The molecule has 0 aromatic heterocycles. The van der Waals surface area contributed by atoms with Gasteiger partial charge < -0.3 is 9.47 Å². The summed E-state index contributed by atoms with van der Waals surface area (Å²) in [6.45, 7) is 5.19. The van der Waals surface area contributed by atoms with Gasteiger partial charge in [-0.3, -0.25) is 4.79 Å². The van der Waals surface area contributed by atoms with Crippen LogP contribution >= 0.6 is 0 Å². The highest BCUT2D eigenvalue weighted by Gasteiger charge is 2.59. The zero-order valence-corrected chi connectivity index (χ0v) is 12.3. The van der Waals surface area contributed by atoms with Crippen molar-refractivity contribution in [3.05, 3.63) is 23.3 Å². The van der Waals surface area contributed by atoms with Gasteiger partial charge in [-0.15, -0.1) is 0 Å². The Morgan fingerprint density at radius 2 is 1.65 bits per heavy atom. The lowest BCUT2D eigenvalue weighted by molar-refractivity contribution is -0.147. The number of ether oxygens (including phenoxy) is 2. The Morgan fingerprint density at radius 1 is 1.10 bits per heavy atom. The van der Waals surface area contributed by atoms with Gasteiger partial charge in [0.15, 0.2) is 5.78 Å². The Morgan fingerprint density at radius 3 is 2.15 bits per heavy atom. The molecule has 108 valence electrons. The molecule has 0 saturated heterocycles. The minimum atomic E-state index is -1.14. The van der Waals surface area contributed by atoms with Crippen molar-refractivity contribution in [1.82, 2.24) is 0 Å². The Balaban J connectivity index is 2.78. The number of carbonyl (C=O) groups excluding carboxylic acids is 3. The molecule has 5 heteroatoms. The van der Waals surface area contributed by atoms with Gasteiger partial charge in [0, 0.05) is 11.3 Å². The van der Waals surface area contributed by atoms with Crippen molar-refractivity contribution < 1.29 is 23.9 Å². The predicted octanol–water partition coefficient (Wildman–Crippen LogP) is 1.43. The van der Waals surface area contributed by atoms with E-state index >= 15 is 0 Å². The van der Waals surface area contributed by atoms with Crippen LogP contribution in [-0.2, 0) is 23.9 Å². The van der Waals surface area contributed by atoms with E-state index in [0.29, 0.717) is 0 Å². The third-order valence-corrected chi connectivity index (χ3v) is 4.35. The first-order chi connectivity index (χ1) is 9.21. The largest absolute Gasteiger partial charge is 0.466 e. The molecule has 0 amide bonds. The zero-order valence-electron chi connectivity index (χ0n) is 12.3. The van der Waals surface area contributed by atoms with Gasteiger partial charge in [0.05, 0.1) is 30.8 Å². The molecule has 20 heavy (non-hydrogen) atoms. The van der Waals surface area contributed by atoms with E-state index in [1.54, 1.807) is 32.9 Å². The van der Waals surface area contributed by atoms with Crippen molar-refractivity contribution in [1.29, 1.82) is 0 Å². The van der Waals surface area contributed by atoms with Crippen LogP contribution in [0.25, 0.3) is 0 Å². The highest BCUT2D eigenvalue weighted by atomic mass is 16.5. The molecule has 0 radical (unpaired) electrons. The Hall–Kier alpha value is -1.91. The van der Waals surface area contributed by atoms with E-state index in [1.807, 2.05) is 0 Å². The molecule has 0 saturated carbocycles. The summed E-state index contributed by atoms with van der Waals surface area (Å²) in [4.78, 5) is 36.8. The minimum absolute atomic E-state index is 0.0921. The topological polar surface area (TPSA) is 69.7 Å². The molecule has 0 N–H and O–H groups in total. The number of Topliss-reactive ketones (excluding diaryl/α,β-unsaturated/α-hetero) is 1. The van der Waals surface area contributed by atoms with Gasteiger partial charge in [0.25, 0.3) is 0 Å². The molecule has 0 fully saturated rings. The summed E-state index contributed by atoms with van der Waals surface area (Å²) < 4.78 is 9.55. The summed E-state index contributed by atoms with van der Waals surface area (Å²) in [5.41, 5.74) is -1.57. The molecule has 2 bridgehead atoms. The van der Waals surface area contributed by atoms with Crippen molar-refractivity contribution in [2.24, 2.45) is 16.7 Å². The van der Waals surface area contributed by atoms with Gasteiger partial charge in [0.2, 0.25) is 0 Å². The van der Waals surface area contributed by atoms with Crippen LogP contribution in [0.2, 0.25) is 0 Å². The standard InChI is InChI=1S/C15H18O5/c1-14(2)8-6-7-15(3,13(14)18)10(12(17)20-5)9(8)11(16)19-4/h6-8H,1-5H3/t8-,15-/m0/s1. The SMILES string of the molecule is COC(=O)C1=C(C(=O)OC)[C@]2(C)C=C[C@@H]1C(C)(C)C2=O. The molecule has 0 aliphatic heterocycles. The maximum absolute atomic E-state index is 12.7. The monoisotopic (exact) mass is 278 g/mol. The first-order valence-electron chi connectivity index (χ1n) is 6.37. The number of methoxy groups -OCH3 is 2. The summed E-state index contributed by atoms with van der Waals surface area (Å²) in [5.74, 6) is -1.82. The second kappa shape index (κ2) is 4.30. The highest BCUT2D eigenvalue weighted by Crippen LogP contribution is 2.55. The van der Waals surface area contributed by atoms with Crippen LogP contribution in [0.1, 0.15) is 20.8 Å². The van der Waals surface area contributed by atoms with Crippen molar-refractivity contribution in [3.8, 4) is 0 Å². The average Bonchev–Trinajstić information content (AvgIpc) is 2.42. The fraction of sp³-hybridized carbons (Fsp3) is 0.533. The molecule has 0 spiro atoms. The third-order valence-electron chi connectivity index (χ3n) is 4.35. The van der Waals surface area contributed by atoms with E-state index in [0.717, 1.165) is 0 Å². The number of hydrogen-bond acceptors (Lipinski definition) is 5. The van der Waals surface area contributed by atoms with Gasteiger partial charge in [-0.25, -0.2) is 9.59 Å². The van der Waals surface area contributed by atoms with Crippen molar-refractivity contribution in [2.75, 3.05) is 14.2 Å². The summed E-state index contributed by atoms with van der Waals surface area (Å²) in [6, 6.07) is 0. The quantitative estimate of drug-likeness (QED) is 0.564. The van der Waals surface area contributed by atoms with E-state index < -0.39 is 28.7 Å². The Labute approximate surface area is 117 Å². The molecule has 2 atom stereocenters. The van der Waals surface area contributed by atoms with Gasteiger partial charge >= 0.3 is 11.9 Å². The van der Waals surface area contributed by atoms with Gasteiger partial charge in [-0.1, -0.05) is 26.0 Å². The normalized spacial score (nSPS) is 30.4. The van der Waals surface area contributed by atoms with Crippen LogP contribution < -0.4 is 0 Å². The lowest BCUT2D eigenvalue weighted by Crippen LogP contribution is -2.54. The summed E-state index contributed by atoms with van der Waals surface area (Å²) >= 11 is 0. The number of hydrogen-bond donors (Lipinski definition) is 0.